The largest absolute Gasteiger partial charge is 0.486 e. The van der Waals surface area contributed by atoms with Crippen LogP contribution in [0.4, 0.5) is 5.00 Å². The Morgan fingerprint density at radius 3 is 2.75 bits per heavy atom. The summed E-state index contributed by atoms with van der Waals surface area (Å²) in [5.74, 6) is 0.935. The van der Waals surface area contributed by atoms with Crippen LogP contribution in [0.2, 0.25) is 0 Å². The molecule has 4 rings (SSSR count). The zero-order valence-electron chi connectivity index (χ0n) is 20.5. The monoisotopic (exact) mass is 526 g/mol. The number of thioether (sulfide) groups is 1. The highest BCUT2D eigenvalue weighted by Gasteiger charge is 2.27. The van der Waals surface area contributed by atoms with E-state index >= 15 is 0 Å². The van der Waals surface area contributed by atoms with Crippen molar-refractivity contribution in [3.05, 3.63) is 64.3 Å². The first-order chi connectivity index (χ1) is 17.5. The summed E-state index contributed by atoms with van der Waals surface area (Å²) in [4.78, 5) is 26.7. The van der Waals surface area contributed by atoms with Crippen molar-refractivity contribution in [3.63, 3.8) is 0 Å². The Balaban J connectivity index is 1.42. The topological polar surface area (TPSA) is 95.3 Å². The van der Waals surface area contributed by atoms with Gasteiger partial charge in [0.15, 0.2) is 11.0 Å². The molecule has 1 aliphatic carbocycles. The van der Waals surface area contributed by atoms with Crippen LogP contribution < -0.4 is 10.1 Å². The molecule has 190 valence electrons. The van der Waals surface area contributed by atoms with Gasteiger partial charge < -0.3 is 14.8 Å². The summed E-state index contributed by atoms with van der Waals surface area (Å²) in [6.45, 7) is 8.66. The fourth-order valence-corrected chi connectivity index (χ4v) is 6.05. The lowest BCUT2D eigenvalue weighted by Crippen LogP contribution is -2.17. The van der Waals surface area contributed by atoms with E-state index in [1.807, 2.05) is 35.8 Å². The summed E-state index contributed by atoms with van der Waals surface area (Å²) in [5, 5.41) is 12.6. The van der Waals surface area contributed by atoms with Gasteiger partial charge in [0.25, 0.3) is 0 Å². The zero-order valence-corrected chi connectivity index (χ0v) is 22.2. The first-order valence-corrected chi connectivity index (χ1v) is 13.8. The number of ether oxygens (including phenoxy) is 2. The fourth-order valence-electron chi connectivity index (χ4n) is 3.99. The van der Waals surface area contributed by atoms with Crippen molar-refractivity contribution in [2.24, 2.45) is 0 Å². The second-order valence-electron chi connectivity index (χ2n) is 8.37. The number of nitrogens with one attached hydrogen (secondary N) is 1. The number of carbonyl (C=O) groups is 2. The Morgan fingerprint density at radius 2 is 2.00 bits per heavy atom. The molecule has 0 saturated heterocycles. The average molecular weight is 527 g/mol. The first-order valence-electron chi connectivity index (χ1n) is 12.0. The molecule has 0 radical (unpaired) electrons. The van der Waals surface area contributed by atoms with Crippen molar-refractivity contribution in [2.45, 2.75) is 57.8 Å². The number of rotatable bonds is 11. The molecule has 3 aromatic rings. The van der Waals surface area contributed by atoms with E-state index < -0.39 is 0 Å². The van der Waals surface area contributed by atoms with Crippen LogP contribution in [0.25, 0.3) is 0 Å². The van der Waals surface area contributed by atoms with Gasteiger partial charge in [0.05, 0.1) is 17.9 Å². The lowest BCUT2D eigenvalue weighted by molar-refractivity contribution is -0.113. The molecule has 0 atom stereocenters. The highest BCUT2D eigenvalue weighted by Crippen LogP contribution is 2.38. The van der Waals surface area contributed by atoms with E-state index in [0.717, 1.165) is 47.4 Å². The number of esters is 1. The van der Waals surface area contributed by atoms with Gasteiger partial charge in [-0.25, -0.2) is 4.79 Å². The second kappa shape index (κ2) is 12.2. The first kappa shape index (κ1) is 26.0. The quantitative estimate of drug-likeness (QED) is 0.208. The predicted molar refractivity (Wildman–Crippen MR) is 142 cm³/mol. The van der Waals surface area contributed by atoms with Crippen molar-refractivity contribution >= 4 is 40.0 Å². The Bertz CT molecular complexity index is 1230. The molecule has 0 aliphatic heterocycles. The summed E-state index contributed by atoms with van der Waals surface area (Å²) in [7, 11) is 0. The molecule has 1 amide bonds. The second-order valence-corrected chi connectivity index (χ2v) is 10.4. The molecule has 2 heterocycles. The number of anilines is 1. The maximum absolute atomic E-state index is 12.9. The Hall–Kier alpha value is -3.11. The summed E-state index contributed by atoms with van der Waals surface area (Å²) < 4.78 is 13.0. The molecular formula is C26H30N4O4S2. The maximum Gasteiger partial charge on any atom is 0.341 e. The van der Waals surface area contributed by atoms with Gasteiger partial charge in [0.2, 0.25) is 5.91 Å². The van der Waals surface area contributed by atoms with Crippen LogP contribution in [0.15, 0.2) is 42.1 Å². The third-order valence-corrected chi connectivity index (χ3v) is 7.90. The molecule has 10 heteroatoms. The number of aryl methyl sites for hydroxylation is 2. The van der Waals surface area contributed by atoms with E-state index in [0.29, 0.717) is 34.7 Å². The Labute approximate surface area is 219 Å². The number of thiophene rings is 1. The van der Waals surface area contributed by atoms with Gasteiger partial charge in [-0.2, -0.15) is 0 Å². The van der Waals surface area contributed by atoms with E-state index in [4.69, 9.17) is 9.47 Å². The number of carbonyl (C=O) groups excluding carboxylic acids is 2. The fraction of sp³-hybridized carbons (Fsp3) is 0.385. The molecule has 1 aromatic carbocycles. The van der Waals surface area contributed by atoms with Crippen molar-refractivity contribution in [3.8, 4) is 5.75 Å². The number of aromatic nitrogens is 3. The summed E-state index contributed by atoms with van der Waals surface area (Å²) in [6, 6.07) is 7.80. The SMILES string of the molecule is C=CCn1c(COc2ccc(C)cc2)nnc1SCC(=O)Nc1sc2c(c1C(=O)OCC)CCCC2. The lowest BCUT2D eigenvalue weighted by Gasteiger charge is -2.12. The molecule has 2 aromatic heterocycles. The summed E-state index contributed by atoms with van der Waals surface area (Å²) >= 11 is 2.76. The van der Waals surface area contributed by atoms with Gasteiger partial charge in [-0.15, -0.1) is 28.1 Å². The highest BCUT2D eigenvalue weighted by atomic mass is 32.2. The summed E-state index contributed by atoms with van der Waals surface area (Å²) in [5.41, 5.74) is 2.70. The molecule has 36 heavy (non-hydrogen) atoms. The van der Waals surface area contributed by atoms with E-state index in [-0.39, 0.29) is 24.2 Å². The highest BCUT2D eigenvalue weighted by molar-refractivity contribution is 7.99. The van der Waals surface area contributed by atoms with Crippen molar-refractivity contribution < 1.29 is 19.1 Å². The molecular weight excluding hydrogens is 496 g/mol. The lowest BCUT2D eigenvalue weighted by atomic mass is 9.95. The number of benzene rings is 1. The molecule has 1 N–H and O–H groups in total. The Morgan fingerprint density at radius 1 is 1.22 bits per heavy atom. The predicted octanol–water partition coefficient (Wildman–Crippen LogP) is 5.20. The van der Waals surface area contributed by atoms with Gasteiger partial charge in [-0.3, -0.25) is 9.36 Å². The van der Waals surface area contributed by atoms with Gasteiger partial charge >= 0.3 is 5.97 Å². The van der Waals surface area contributed by atoms with Crippen LogP contribution in [0, 0.1) is 6.92 Å². The van der Waals surface area contributed by atoms with E-state index in [2.05, 4.69) is 22.1 Å². The number of hydrogen-bond acceptors (Lipinski definition) is 8. The summed E-state index contributed by atoms with van der Waals surface area (Å²) in [6.07, 6.45) is 5.64. The van der Waals surface area contributed by atoms with E-state index in [1.54, 1.807) is 13.0 Å². The minimum Gasteiger partial charge on any atom is -0.486 e. The average Bonchev–Trinajstić information content (AvgIpc) is 3.43. The third kappa shape index (κ3) is 6.17. The van der Waals surface area contributed by atoms with E-state index in [1.165, 1.54) is 23.1 Å². The standard InChI is InChI=1S/C26H30N4O4S2/c1-4-14-30-21(15-34-18-12-10-17(3)11-13-18)28-29-26(30)35-16-22(31)27-24-23(25(32)33-5-2)19-8-6-7-9-20(19)36-24/h4,10-13H,1,5-9,14-16H2,2-3H3,(H,27,31). The molecule has 0 bridgehead atoms. The van der Waals surface area contributed by atoms with Crippen molar-refractivity contribution in [2.75, 3.05) is 17.7 Å². The van der Waals surface area contributed by atoms with Crippen LogP contribution in [0.1, 0.15) is 52.0 Å². The number of amides is 1. The van der Waals surface area contributed by atoms with Crippen molar-refractivity contribution in [1.29, 1.82) is 0 Å². The van der Waals surface area contributed by atoms with E-state index in [9.17, 15) is 9.59 Å². The zero-order chi connectivity index (χ0) is 25.5. The normalized spacial score (nSPS) is 12.6. The van der Waals surface area contributed by atoms with Gasteiger partial charge in [-0.05, 0) is 57.2 Å². The Kier molecular flexibility index (Phi) is 8.82. The van der Waals surface area contributed by atoms with Crippen LogP contribution >= 0.6 is 23.1 Å². The molecule has 8 nitrogen and oxygen atoms in total. The number of nitrogens with zero attached hydrogens (tertiary/aromatic N) is 3. The maximum atomic E-state index is 12.9. The van der Waals surface area contributed by atoms with Crippen LogP contribution in [-0.2, 0) is 35.5 Å². The van der Waals surface area contributed by atoms with Gasteiger partial charge in [-0.1, -0.05) is 35.5 Å². The number of fused-ring (bicyclic) bond motifs is 1. The molecule has 0 saturated carbocycles. The minimum absolute atomic E-state index is 0.124. The molecule has 0 fully saturated rings. The van der Waals surface area contributed by atoms with Gasteiger partial charge in [0.1, 0.15) is 17.4 Å². The van der Waals surface area contributed by atoms with Crippen molar-refractivity contribution in [1.82, 2.24) is 14.8 Å². The number of hydrogen-bond donors (Lipinski definition) is 1. The number of allylic oxidation sites excluding steroid dienone is 1. The molecule has 0 unspecified atom stereocenters. The smallest absolute Gasteiger partial charge is 0.341 e. The van der Waals surface area contributed by atoms with Crippen LogP contribution in [0.5, 0.6) is 5.75 Å². The molecule has 1 aliphatic rings. The van der Waals surface area contributed by atoms with Crippen LogP contribution in [0.3, 0.4) is 0 Å². The van der Waals surface area contributed by atoms with Crippen LogP contribution in [-0.4, -0.2) is 39.0 Å². The third-order valence-electron chi connectivity index (χ3n) is 5.73. The van der Waals surface area contributed by atoms with Gasteiger partial charge in [0, 0.05) is 11.4 Å². The molecule has 0 spiro atoms. The minimum atomic E-state index is -0.371.